The Morgan fingerprint density at radius 1 is 1.07 bits per heavy atom. The lowest BCUT2D eigenvalue weighted by molar-refractivity contribution is -0.118. The Hall–Kier alpha value is -3.67. The lowest BCUT2D eigenvalue weighted by Crippen LogP contribution is -2.20. The van der Waals surface area contributed by atoms with E-state index in [9.17, 15) is 4.79 Å². The molecule has 1 N–H and O–H groups in total. The van der Waals surface area contributed by atoms with Gasteiger partial charge in [-0.15, -0.1) is 0 Å². The number of aromatic nitrogens is 3. The number of fused-ring (bicyclic) bond motifs is 1. The second-order valence-electron chi connectivity index (χ2n) is 7.20. The fourth-order valence-corrected chi connectivity index (χ4v) is 3.50. The SMILES string of the molecule is CCc1cccc(NC(=O)COc2cc(C)c3c(C)nn(-c4ccccc4)c3n2)c1. The van der Waals surface area contributed by atoms with Crippen LogP contribution in [-0.2, 0) is 11.2 Å². The minimum absolute atomic E-state index is 0.118. The normalized spacial score (nSPS) is 10.9. The van der Waals surface area contributed by atoms with E-state index >= 15 is 0 Å². The van der Waals surface area contributed by atoms with E-state index in [0.29, 0.717) is 11.5 Å². The molecule has 0 aliphatic heterocycles. The lowest BCUT2D eigenvalue weighted by Gasteiger charge is -2.09. The number of amides is 1. The molecule has 2 aromatic heterocycles. The first-order valence-electron chi connectivity index (χ1n) is 9.99. The van der Waals surface area contributed by atoms with Crippen LogP contribution in [0.2, 0.25) is 0 Å². The minimum atomic E-state index is -0.226. The van der Waals surface area contributed by atoms with Gasteiger partial charge in [0.15, 0.2) is 12.3 Å². The molecule has 6 heteroatoms. The Morgan fingerprint density at radius 2 is 1.87 bits per heavy atom. The van der Waals surface area contributed by atoms with Gasteiger partial charge in [0.2, 0.25) is 5.88 Å². The van der Waals surface area contributed by atoms with Crippen LogP contribution in [0.3, 0.4) is 0 Å². The monoisotopic (exact) mass is 400 g/mol. The van der Waals surface area contributed by atoms with Crippen molar-refractivity contribution in [3.63, 3.8) is 0 Å². The maximum atomic E-state index is 12.3. The first kappa shape index (κ1) is 19.6. The molecular formula is C24H24N4O2. The number of rotatable bonds is 6. The van der Waals surface area contributed by atoms with E-state index in [2.05, 4.69) is 22.3 Å². The highest BCUT2D eigenvalue weighted by Gasteiger charge is 2.15. The highest BCUT2D eigenvalue weighted by molar-refractivity contribution is 5.92. The summed E-state index contributed by atoms with van der Waals surface area (Å²) in [6.07, 6.45) is 0.915. The summed E-state index contributed by atoms with van der Waals surface area (Å²) < 4.78 is 7.53. The van der Waals surface area contributed by atoms with Crippen LogP contribution in [0.25, 0.3) is 16.7 Å². The maximum absolute atomic E-state index is 12.3. The van der Waals surface area contributed by atoms with Crippen molar-refractivity contribution in [2.24, 2.45) is 0 Å². The van der Waals surface area contributed by atoms with Gasteiger partial charge in [0.05, 0.1) is 11.4 Å². The second-order valence-corrected chi connectivity index (χ2v) is 7.20. The number of nitrogens with one attached hydrogen (secondary N) is 1. The Labute approximate surface area is 175 Å². The summed E-state index contributed by atoms with van der Waals surface area (Å²) in [5.74, 6) is 0.171. The second kappa shape index (κ2) is 8.37. The summed E-state index contributed by atoms with van der Waals surface area (Å²) >= 11 is 0. The summed E-state index contributed by atoms with van der Waals surface area (Å²) in [5, 5.41) is 8.51. The van der Waals surface area contributed by atoms with Gasteiger partial charge in [-0.05, 0) is 55.7 Å². The van der Waals surface area contributed by atoms with E-state index in [0.717, 1.165) is 34.4 Å². The molecule has 2 heterocycles. The highest BCUT2D eigenvalue weighted by Crippen LogP contribution is 2.26. The van der Waals surface area contributed by atoms with Crippen molar-refractivity contribution in [3.05, 3.63) is 77.5 Å². The molecule has 30 heavy (non-hydrogen) atoms. The van der Waals surface area contributed by atoms with Gasteiger partial charge in [-0.1, -0.05) is 37.3 Å². The van der Waals surface area contributed by atoms with Gasteiger partial charge in [-0.3, -0.25) is 4.79 Å². The summed E-state index contributed by atoms with van der Waals surface area (Å²) in [6, 6.07) is 19.5. The Kier molecular flexibility index (Phi) is 5.48. The zero-order valence-electron chi connectivity index (χ0n) is 17.3. The molecule has 0 radical (unpaired) electrons. The van der Waals surface area contributed by atoms with Crippen LogP contribution in [0.15, 0.2) is 60.7 Å². The third-order valence-corrected chi connectivity index (χ3v) is 4.96. The number of nitrogens with zero attached hydrogens (tertiary/aromatic N) is 3. The van der Waals surface area contributed by atoms with Gasteiger partial charge < -0.3 is 10.1 Å². The van der Waals surface area contributed by atoms with Crippen LogP contribution in [0.1, 0.15) is 23.7 Å². The van der Waals surface area contributed by atoms with Crippen LogP contribution >= 0.6 is 0 Å². The number of pyridine rings is 1. The molecular weight excluding hydrogens is 376 g/mol. The third-order valence-electron chi connectivity index (χ3n) is 4.96. The number of carbonyl (C=O) groups is 1. The smallest absolute Gasteiger partial charge is 0.262 e. The summed E-state index contributed by atoms with van der Waals surface area (Å²) in [5.41, 5.74) is 5.48. The van der Waals surface area contributed by atoms with Crippen molar-refractivity contribution >= 4 is 22.6 Å². The highest BCUT2D eigenvalue weighted by atomic mass is 16.5. The molecule has 0 unspecified atom stereocenters. The topological polar surface area (TPSA) is 69.0 Å². The predicted molar refractivity (Wildman–Crippen MR) is 118 cm³/mol. The first-order valence-corrected chi connectivity index (χ1v) is 9.99. The van der Waals surface area contributed by atoms with Crippen LogP contribution in [0.5, 0.6) is 5.88 Å². The molecule has 0 saturated heterocycles. The maximum Gasteiger partial charge on any atom is 0.262 e. The molecule has 2 aromatic carbocycles. The Bertz CT molecular complexity index is 1200. The predicted octanol–water partition coefficient (Wildman–Crippen LogP) is 4.62. The van der Waals surface area contributed by atoms with E-state index < -0.39 is 0 Å². The number of carbonyl (C=O) groups excluding carboxylic acids is 1. The van der Waals surface area contributed by atoms with Crippen molar-refractivity contribution in [1.29, 1.82) is 0 Å². The van der Waals surface area contributed by atoms with Crippen LogP contribution in [-0.4, -0.2) is 27.3 Å². The van der Waals surface area contributed by atoms with Gasteiger partial charge in [0.25, 0.3) is 5.91 Å². The molecule has 0 aliphatic rings. The average Bonchev–Trinajstić information content (AvgIpc) is 3.10. The molecule has 0 fully saturated rings. The number of ether oxygens (including phenoxy) is 1. The number of hydrogen-bond acceptors (Lipinski definition) is 4. The largest absolute Gasteiger partial charge is 0.467 e. The molecule has 6 nitrogen and oxygen atoms in total. The molecule has 4 rings (SSSR count). The average molecular weight is 400 g/mol. The molecule has 152 valence electrons. The molecule has 0 aliphatic carbocycles. The molecule has 0 bridgehead atoms. The van der Waals surface area contributed by atoms with Crippen molar-refractivity contribution in [2.75, 3.05) is 11.9 Å². The standard InChI is InChI=1S/C24H24N4O2/c1-4-18-9-8-10-19(14-18)25-21(29)15-30-22-13-16(2)23-17(3)27-28(24(23)26-22)20-11-6-5-7-12-20/h5-14H,4,15H2,1-3H3,(H,25,29). The van der Waals surface area contributed by atoms with E-state index in [-0.39, 0.29) is 12.5 Å². The fraction of sp³-hybridized carbons (Fsp3) is 0.208. The summed E-state index contributed by atoms with van der Waals surface area (Å²) in [6.45, 7) is 5.93. The fourth-order valence-electron chi connectivity index (χ4n) is 3.50. The molecule has 0 saturated carbocycles. The molecule has 0 spiro atoms. The zero-order chi connectivity index (χ0) is 21.1. The Balaban J connectivity index is 1.55. The van der Waals surface area contributed by atoms with Crippen LogP contribution in [0.4, 0.5) is 5.69 Å². The van der Waals surface area contributed by atoms with Gasteiger partial charge in [-0.2, -0.15) is 10.1 Å². The molecule has 0 atom stereocenters. The summed E-state index contributed by atoms with van der Waals surface area (Å²) in [7, 11) is 0. The van der Waals surface area contributed by atoms with E-state index in [1.165, 1.54) is 5.56 Å². The van der Waals surface area contributed by atoms with Gasteiger partial charge >= 0.3 is 0 Å². The molecule has 4 aromatic rings. The third kappa shape index (κ3) is 4.03. The van der Waals surface area contributed by atoms with Crippen molar-refractivity contribution < 1.29 is 9.53 Å². The first-order chi connectivity index (χ1) is 14.5. The number of hydrogen-bond donors (Lipinski definition) is 1. The van der Waals surface area contributed by atoms with E-state index in [1.54, 1.807) is 4.68 Å². The van der Waals surface area contributed by atoms with Crippen LogP contribution in [0, 0.1) is 13.8 Å². The van der Waals surface area contributed by atoms with Crippen molar-refractivity contribution in [1.82, 2.24) is 14.8 Å². The lowest BCUT2D eigenvalue weighted by atomic mass is 10.1. The van der Waals surface area contributed by atoms with Gasteiger partial charge in [0.1, 0.15) is 0 Å². The van der Waals surface area contributed by atoms with E-state index in [1.807, 2.05) is 74.5 Å². The van der Waals surface area contributed by atoms with E-state index in [4.69, 9.17) is 4.74 Å². The van der Waals surface area contributed by atoms with Crippen molar-refractivity contribution in [3.8, 4) is 11.6 Å². The number of para-hydroxylation sites is 1. The summed E-state index contributed by atoms with van der Waals surface area (Å²) in [4.78, 5) is 17.0. The zero-order valence-corrected chi connectivity index (χ0v) is 17.3. The molecule has 1 amide bonds. The number of anilines is 1. The van der Waals surface area contributed by atoms with Gasteiger partial charge in [-0.25, -0.2) is 4.68 Å². The Morgan fingerprint density at radius 3 is 2.63 bits per heavy atom. The van der Waals surface area contributed by atoms with Crippen LogP contribution < -0.4 is 10.1 Å². The minimum Gasteiger partial charge on any atom is -0.467 e. The number of benzene rings is 2. The quantitative estimate of drug-likeness (QED) is 0.513. The van der Waals surface area contributed by atoms with Gasteiger partial charge in [0, 0.05) is 17.1 Å². The number of aryl methyl sites for hydroxylation is 3. The van der Waals surface area contributed by atoms with Crippen molar-refractivity contribution in [2.45, 2.75) is 27.2 Å².